The third kappa shape index (κ3) is 2.48. The van der Waals surface area contributed by atoms with E-state index in [0.29, 0.717) is 22.6 Å². The van der Waals surface area contributed by atoms with E-state index >= 15 is 0 Å². The van der Waals surface area contributed by atoms with Crippen LogP contribution in [-0.4, -0.2) is 30.1 Å². The molecule has 0 aliphatic carbocycles. The van der Waals surface area contributed by atoms with Gasteiger partial charge in [0.15, 0.2) is 11.5 Å². The molecule has 3 rings (SSSR count). The first-order chi connectivity index (χ1) is 11.0. The lowest BCUT2D eigenvalue weighted by Gasteiger charge is -2.26. The van der Waals surface area contributed by atoms with E-state index in [0.717, 1.165) is 0 Å². The Morgan fingerprint density at radius 3 is 2.74 bits per heavy atom. The predicted molar refractivity (Wildman–Crippen MR) is 83.9 cm³/mol. The molecule has 1 aliphatic heterocycles. The number of H-pyrrole nitrogens is 1. The van der Waals surface area contributed by atoms with Crippen molar-refractivity contribution in [1.82, 2.24) is 9.97 Å². The molecule has 8 nitrogen and oxygen atoms in total. The Bertz CT molecular complexity index is 831. The van der Waals surface area contributed by atoms with Crippen molar-refractivity contribution in [3.63, 3.8) is 0 Å². The summed E-state index contributed by atoms with van der Waals surface area (Å²) in [6.45, 7) is 0. The second-order valence-electron chi connectivity index (χ2n) is 5.10. The van der Waals surface area contributed by atoms with Crippen molar-refractivity contribution in [1.29, 1.82) is 0 Å². The van der Waals surface area contributed by atoms with Crippen LogP contribution in [0.15, 0.2) is 23.0 Å². The maximum atomic E-state index is 12.3. The van der Waals surface area contributed by atoms with Gasteiger partial charge in [0.05, 0.1) is 19.8 Å². The van der Waals surface area contributed by atoms with Crippen LogP contribution in [0, 0.1) is 0 Å². The molecule has 1 amide bonds. The SMILES string of the molecule is COc1cccc(C2CC(=O)Nc3nc(N)[nH]c(=O)c32)c1OC. The van der Waals surface area contributed by atoms with Crippen molar-refractivity contribution in [2.24, 2.45) is 0 Å². The Morgan fingerprint density at radius 1 is 1.26 bits per heavy atom. The molecule has 8 heteroatoms. The summed E-state index contributed by atoms with van der Waals surface area (Å²) in [7, 11) is 3.04. The van der Waals surface area contributed by atoms with Gasteiger partial charge in [0.2, 0.25) is 11.9 Å². The van der Waals surface area contributed by atoms with Gasteiger partial charge in [0, 0.05) is 17.9 Å². The number of benzene rings is 1. The first kappa shape index (κ1) is 14.9. The van der Waals surface area contributed by atoms with Gasteiger partial charge in [-0.15, -0.1) is 0 Å². The van der Waals surface area contributed by atoms with E-state index in [-0.39, 0.29) is 29.7 Å². The average molecular weight is 316 g/mol. The zero-order valence-electron chi connectivity index (χ0n) is 12.7. The van der Waals surface area contributed by atoms with Crippen LogP contribution < -0.4 is 26.1 Å². The minimum atomic E-state index is -0.499. The third-order valence-electron chi connectivity index (χ3n) is 3.78. The van der Waals surface area contributed by atoms with E-state index in [2.05, 4.69) is 15.3 Å². The van der Waals surface area contributed by atoms with Crippen LogP contribution in [0.25, 0.3) is 0 Å². The van der Waals surface area contributed by atoms with Crippen LogP contribution >= 0.6 is 0 Å². The molecule has 0 saturated carbocycles. The quantitative estimate of drug-likeness (QED) is 0.772. The number of hydrogen-bond donors (Lipinski definition) is 3. The number of carbonyl (C=O) groups excluding carboxylic acids is 1. The maximum Gasteiger partial charge on any atom is 0.258 e. The molecular formula is C15H16N4O4. The lowest BCUT2D eigenvalue weighted by atomic mass is 9.86. The number of anilines is 2. The summed E-state index contributed by atoms with van der Waals surface area (Å²) in [4.78, 5) is 30.8. The van der Waals surface area contributed by atoms with Crippen molar-refractivity contribution in [3.05, 3.63) is 39.7 Å². The molecular weight excluding hydrogens is 300 g/mol. The molecule has 120 valence electrons. The fourth-order valence-electron chi connectivity index (χ4n) is 2.84. The van der Waals surface area contributed by atoms with Gasteiger partial charge in [-0.3, -0.25) is 14.6 Å². The van der Waals surface area contributed by atoms with Crippen molar-refractivity contribution >= 4 is 17.7 Å². The summed E-state index contributed by atoms with van der Waals surface area (Å²) >= 11 is 0. The van der Waals surface area contributed by atoms with Crippen LogP contribution in [0.4, 0.5) is 11.8 Å². The van der Waals surface area contributed by atoms with Crippen molar-refractivity contribution < 1.29 is 14.3 Å². The van der Waals surface area contributed by atoms with Gasteiger partial charge in [-0.2, -0.15) is 4.98 Å². The second-order valence-corrected chi connectivity index (χ2v) is 5.10. The van der Waals surface area contributed by atoms with Gasteiger partial charge in [-0.05, 0) is 6.07 Å². The van der Waals surface area contributed by atoms with Crippen LogP contribution in [0.1, 0.15) is 23.5 Å². The number of aromatic nitrogens is 2. The lowest BCUT2D eigenvalue weighted by molar-refractivity contribution is -0.116. The summed E-state index contributed by atoms with van der Waals surface area (Å²) in [6.07, 6.45) is 0.102. The number of nitrogens with two attached hydrogens (primary N) is 1. The normalized spacial score (nSPS) is 16.4. The third-order valence-corrected chi connectivity index (χ3v) is 3.78. The molecule has 2 aromatic rings. The molecule has 1 aromatic carbocycles. The van der Waals surface area contributed by atoms with Gasteiger partial charge in [0.1, 0.15) is 5.82 Å². The zero-order valence-corrected chi connectivity index (χ0v) is 12.7. The van der Waals surface area contributed by atoms with Crippen LogP contribution in [0.2, 0.25) is 0 Å². The number of ether oxygens (including phenoxy) is 2. The highest BCUT2D eigenvalue weighted by Crippen LogP contribution is 2.42. The van der Waals surface area contributed by atoms with E-state index in [4.69, 9.17) is 15.2 Å². The van der Waals surface area contributed by atoms with E-state index < -0.39 is 5.92 Å². The number of rotatable bonds is 3. The minimum absolute atomic E-state index is 0.0488. The highest BCUT2D eigenvalue weighted by Gasteiger charge is 2.33. The summed E-state index contributed by atoms with van der Waals surface area (Å²) < 4.78 is 10.7. The molecule has 1 atom stereocenters. The van der Waals surface area contributed by atoms with E-state index in [1.165, 1.54) is 14.2 Å². The average Bonchev–Trinajstić information content (AvgIpc) is 2.52. The van der Waals surface area contributed by atoms with E-state index in [9.17, 15) is 9.59 Å². The molecule has 1 unspecified atom stereocenters. The minimum Gasteiger partial charge on any atom is -0.493 e. The molecule has 0 radical (unpaired) electrons. The van der Waals surface area contributed by atoms with Gasteiger partial charge in [0.25, 0.3) is 5.56 Å². The largest absolute Gasteiger partial charge is 0.493 e. The number of aromatic amines is 1. The molecule has 4 N–H and O–H groups in total. The fraction of sp³-hybridized carbons (Fsp3) is 0.267. The number of nitrogens with zero attached hydrogens (tertiary/aromatic N) is 1. The van der Waals surface area contributed by atoms with Gasteiger partial charge in [-0.1, -0.05) is 12.1 Å². The summed E-state index contributed by atoms with van der Waals surface area (Å²) in [5.74, 6) is 0.393. The standard InChI is InChI=1S/C15H16N4O4/c1-22-9-5-3-4-7(12(9)23-2)8-6-10(20)17-13-11(8)14(21)19-15(16)18-13/h3-5,8H,6H2,1-2H3,(H4,16,17,18,19,20,21). The Morgan fingerprint density at radius 2 is 2.04 bits per heavy atom. The number of carbonyl (C=O) groups is 1. The predicted octanol–water partition coefficient (Wildman–Crippen LogP) is 0.843. The van der Waals surface area contributed by atoms with E-state index in [1.54, 1.807) is 18.2 Å². The number of amides is 1. The first-order valence-corrected chi connectivity index (χ1v) is 6.95. The number of para-hydroxylation sites is 1. The van der Waals surface area contributed by atoms with Crippen molar-refractivity contribution in [2.45, 2.75) is 12.3 Å². The molecule has 0 saturated heterocycles. The Hall–Kier alpha value is -3.03. The summed E-state index contributed by atoms with van der Waals surface area (Å²) in [6, 6.07) is 5.32. The highest BCUT2D eigenvalue weighted by molar-refractivity contribution is 5.94. The topological polar surface area (TPSA) is 119 Å². The first-order valence-electron chi connectivity index (χ1n) is 6.95. The highest BCUT2D eigenvalue weighted by atomic mass is 16.5. The van der Waals surface area contributed by atoms with Gasteiger partial charge < -0.3 is 20.5 Å². The second kappa shape index (κ2) is 5.64. The summed E-state index contributed by atoms with van der Waals surface area (Å²) in [5, 5.41) is 2.59. The maximum absolute atomic E-state index is 12.3. The fourth-order valence-corrected chi connectivity index (χ4v) is 2.84. The number of nitrogens with one attached hydrogen (secondary N) is 2. The van der Waals surface area contributed by atoms with Gasteiger partial charge in [-0.25, -0.2) is 0 Å². The molecule has 1 aromatic heterocycles. The molecule has 1 aliphatic rings. The Kier molecular flexibility index (Phi) is 3.65. The number of nitrogen functional groups attached to an aromatic ring is 1. The van der Waals surface area contributed by atoms with Crippen molar-refractivity contribution in [2.75, 3.05) is 25.3 Å². The van der Waals surface area contributed by atoms with Crippen LogP contribution in [0.3, 0.4) is 0 Å². The summed E-state index contributed by atoms with van der Waals surface area (Å²) in [5.41, 5.74) is 6.20. The van der Waals surface area contributed by atoms with Gasteiger partial charge >= 0.3 is 0 Å². The molecule has 0 bridgehead atoms. The number of methoxy groups -OCH3 is 2. The number of hydrogen-bond acceptors (Lipinski definition) is 6. The molecule has 0 spiro atoms. The Balaban J connectivity index is 2.23. The van der Waals surface area contributed by atoms with E-state index in [1.807, 2.05) is 0 Å². The Labute approximate surface area is 131 Å². The molecule has 2 heterocycles. The lowest BCUT2D eigenvalue weighted by Crippen LogP contribution is -2.31. The number of fused-ring (bicyclic) bond motifs is 1. The zero-order chi connectivity index (χ0) is 16.6. The van der Waals surface area contributed by atoms with Crippen molar-refractivity contribution in [3.8, 4) is 11.5 Å². The molecule has 23 heavy (non-hydrogen) atoms. The van der Waals surface area contributed by atoms with Crippen LogP contribution in [0.5, 0.6) is 11.5 Å². The monoisotopic (exact) mass is 316 g/mol. The smallest absolute Gasteiger partial charge is 0.258 e. The van der Waals surface area contributed by atoms with Crippen LogP contribution in [-0.2, 0) is 4.79 Å². The molecule has 0 fully saturated rings.